The summed E-state index contributed by atoms with van der Waals surface area (Å²) < 4.78 is 10.8. The fourth-order valence-electron chi connectivity index (χ4n) is 6.01. The third-order valence-corrected chi connectivity index (χ3v) is 8.13. The van der Waals surface area contributed by atoms with Crippen LogP contribution in [0.15, 0.2) is 24.3 Å². The number of piperidine rings is 1. The number of fused-ring (bicyclic) bond motifs is 2. The van der Waals surface area contributed by atoms with Gasteiger partial charge in [-0.25, -0.2) is 9.69 Å². The molecule has 1 saturated carbocycles. The quantitative estimate of drug-likeness (QED) is 0.667. The number of hydrogen-bond donors (Lipinski definition) is 1. The van der Waals surface area contributed by atoms with E-state index in [4.69, 9.17) is 9.47 Å². The fourth-order valence-corrected chi connectivity index (χ4v) is 6.01. The molecule has 0 aromatic heterocycles. The van der Waals surface area contributed by atoms with E-state index in [0.717, 1.165) is 75.7 Å². The summed E-state index contributed by atoms with van der Waals surface area (Å²) in [4.78, 5) is 42.2. The highest BCUT2D eigenvalue weighted by Crippen LogP contribution is 2.51. The second kappa shape index (κ2) is 10.0. The van der Waals surface area contributed by atoms with Crippen molar-refractivity contribution in [3.05, 3.63) is 29.8 Å². The van der Waals surface area contributed by atoms with E-state index in [1.165, 1.54) is 4.90 Å². The number of carbonyl (C=O) groups is 3. The van der Waals surface area contributed by atoms with Crippen LogP contribution in [0.3, 0.4) is 0 Å². The van der Waals surface area contributed by atoms with Crippen LogP contribution >= 0.6 is 0 Å². The highest BCUT2D eigenvalue weighted by molar-refractivity contribution is 6.22. The Morgan fingerprint density at radius 3 is 2.50 bits per heavy atom. The summed E-state index contributed by atoms with van der Waals surface area (Å²) in [7, 11) is 0. The lowest BCUT2D eigenvalue weighted by Gasteiger charge is -2.32. The molecule has 3 amide bonds. The smallest absolute Gasteiger partial charge is 0.328 e. The van der Waals surface area contributed by atoms with Crippen LogP contribution in [0.1, 0.15) is 56.9 Å². The molecular formula is C26H35N3O5. The van der Waals surface area contributed by atoms with Gasteiger partial charge < -0.3 is 14.8 Å². The second-order valence-corrected chi connectivity index (χ2v) is 10.2. The van der Waals surface area contributed by atoms with Crippen LogP contribution < -0.4 is 10.2 Å². The minimum atomic E-state index is -0.513. The largest absolute Gasteiger partial charge is 0.449 e. The van der Waals surface area contributed by atoms with Crippen LogP contribution in [0, 0.1) is 11.8 Å². The van der Waals surface area contributed by atoms with E-state index in [9.17, 15) is 14.4 Å². The van der Waals surface area contributed by atoms with E-state index in [0.29, 0.717) is 32.4 Å². The molecule has 0 bridgehead atoms. The molecule has 8 nitrogen and oxygen atoms in total. The summed E-state index contributed by atoms with van der Waals surface area (Å²) in [6.45, 7) is 3.80. The number of carbonyl (C=O) groups excluding carboxylic acids is 3. The maximum atomic E-state index is 13.4. The molecule has 1 aliphatic carbocycles. The van der Waals surface area contributed by atoms with Gasteiger partial charge in [-0.05, 0) is 56.1 Å². The van der Waals surface area contributed by atoms with Gasteiger partial charge in [0.15, 0.2) is 0 Å². The highest BCUT2D eigenvalue weighted by atomic mass is 16.5. The van der Waals surface area contributed by atoms with Crippen molar-refractivity contribution in [1.29, 1.82) is 0 Å². The predicted octanol–water partition coefficient (Wildman–Crippen LogP) is 3.19. The first-order valence-electron chi connectivity index (χ1n) is 12.8. The Labute approximate surface area is 200 Å². The van der Waals surface area contributed by atoms with Crippen LogP contribution in [0.5, 0.6) is 0 Å². The minimum absolute atomic E-state index is 0.0386. The van der Waals surface area contributed by atoms with Crippen molar-refractivity contribution < 1.29 is 23.9 Å². The monoisotopic (exact) mass is 469 g/mol. The Morgan fingerprint density at radius 1 is 1.06 bits per heavy atom. The summed E-state index contributed by atoms with van der Waals surface area (Å²) in [6.07, 6.45) is 7.02. The van der Waals surface area contributed by atoms with Crippen molar-refractivity contribution in [2.45, 2.75) is 56.8 Å². The number of nitrogens with one attached hydrogen (secondary N) is 1. The van der Waals surface area contributed by atoms with Gasteiger partial charge in [0.25, 0.3) is 0 Å². The molecule has 3 fully saturated rings. The van der Waals surface area contributed by atoms with Gasteiger partial charge >= 0.3 is 12.0 Å². The van der Waals surface area contributed by atoms with Gasteiger partial charge in [-0.1, -0.05) is 31.0 Å². The first-order chi connectivity index (χ1) is 16.6. The Kier molecular flexibility index (Phi) is 6.88. The zero-order chi connectivity index (χ0) is 23.5. The van der Waals surface area contributed by atoms with Gasteiger partial charge in [-0.2, -0.15) is 0 Å². The lowest BCUT2D eigenvalue weighted by molar-refractivity contribution is -0.157. The normalized spacial score (nSPS) is 23.3. The molecule has 2 saturated heterocycles. The number of esters is 1. The Balaban J connectivity index is 1.09. The molecule has 34 heavy (non-hydrogen) atoms. The molecule has 1 aromatic carbocycles. The highest BCUT2D eigenvalue weighted by Gasteiger charge is 2.53. The molecule has 5 rings (SSSR count). The molecule has 8 heteroatoms. The molecular weight excluding hydrogens is 434 g/mol. The molecule has 1 aromatic rings. The van der Waals surface area contributed by atoms with E-state index in [-0.39, 0.29) is 23.8 Å². The van der Waals surface area contributed by atoms with Crippen molar-refractivity contribution in [3.8, 4) is 0 Å². The molecule has 4 aliphatic rings. The maximum absolute atomic E-state index is 13.4. The lowest BCUT2D eigenvalue weighted by atomic mass is 9.80. The van der Waals surface area contributed by atoms with Crippen molar-refractivity contribution in [3.63, 3.8) is 0 Å². The van der Waals surface area contributed by atoms with Crippen molar-refractivity contribution in [2.75, 3.05) is 44.5 Å². The summed E-state index contributed by atoms with van der Waals surface area (Å²) >= 11 is 0. The van der Waals surface area contributed by atoms with E-state index in [1.807, 2.05) is 24.3 Å². The molecule has 1 spiro atoms. The number of imide groups is 1. The molecule has 3 heterocycles. The number of rotatable bonds is 5. The molecule has 3 aliphatic heterocycles. The molecule has 1 N–H and O–H groups in total. The number of ether oxygens (including phenoxy) is 2. The SMILES string of the molecule is O=C(OCN1CCC(CNC(=O)N2C(=O)C3(CCCC3)c3ccccc32)CC1)C1CCOCC1. The second-order valence-electron chi connectivity index (χ2n) is 10.2. The fraction of sp³-hybridized carbons (Fsp3) is 0.654. The van der Waals surface area contributed by atoms with E-state index < -0.39 is 5.41 Å². The number of anilines is 1. The van der Waals surface area contributed by atoms with Crippen LogP contribution in [0.2, 0.25) is 0 Å². The minimum Gasteiger partial charge on any atom is -0.449 e. The van der Waals surface area contributed by atoms with Crippen molar-refractivity contribution in [1.82, 2.24) is 10.2 Å². The van der Waals surface area contributed by atoms with Gasteiger partial charge in [-0.3, -0.25) is 14.5 Å². The number of likely N-dealkylation sites (tertiary alicyclic amines) is 1. The van der Waals surface area contributed by atoms with E-state index in [2.05, 4.69) is 10.2 Å². The van der Waals surface area contributed by atoms with Crippen molar-refractivity contribution >= 4 is 23.6 Å². The molecule has 184 valence electrons. The first kappa shape index (κ1) is 23.3. The Hall–Kier alpha value is -2.45. The maximum Gasteiger partial charge on any atom is 0.328 e. The number of urea groups is 1. The van der Waals surface area contributed by atoms with Crippen LogP contribution in [0.25, 0.3) is 0 Å². The Bertz CT molecular complexity index is 915. The van der Waals surface area contributed by atoms with Gasteiger partial charge in [0.1, 0.15) is 6.73 Å². The average molecular weight is 470 g/mol. The number of benzene rings is 1. The summed E-state index contributed by atoms with van der Waals surface area (Å²) in [5.41, 5.74) is 1.24. The van der Waals surface area contributed by atoms with Gasteiger partial charge in [-0.15, -0.1) is 0 Å². The topological polar surface area (TPSA) is 88.2 Å². The standard InChI is InChI=1S/C26H35N3O5/c30-23(20-9-15-33-16-10-20)34-18-28-13-7-19(8-14-28)17-27-25(32)29-22-6-2-1-5-21(22)26(24(29)31)11-3-4-12-26/h1-2,5-6,19-20H,3-4,7-18H2,(H,27,32). The molecule has 0 radical (unpaired) electrons. The van der Waals surface area contributed by atoms with Crippen LogP contribution in [-0.2, 0) is 24.5 Å². The van der Waals surface area contributed by atoms with E-state index in [1.54, 1.807) is 0 Å². The summed E-state index contributed by atoms with van der Waals surface area (Å²) in [5, 5.41) is 3.03. The van der Waals surface area contributed by atoms with E-state index >= 15 is 0 Å². The van der Waals surface area contributed by atoms with Crippen LogP contribution in [0.4, 0.5) is 10.5 Å². The molecule has 0 atom stereocenters. The average Bonchev–Trinajstić information content (AvgIpc) is 3.47. The van der Waals surface area contributed by atoms with Crippen LogP contribution in [-0.4, -0.2) is 62.4 Å². The summed E-state index contributed by atoms with van der Waals surface area (Å²) in [6, 6.07) is 7.44. The number of nitrogens with zero attached hydrogens (tertiary/aromatic N) is 2. The first-order valence-corrected chi connectivity index (χ1v) is 12.8. The van der Waals surface area contributed by atoms with Gasteiger partial charge in [0, 0.05) is 32.8 Å². The summed E-state index contributed by atoms with van der Waals surface area (Å²) in [5.74, 6) is 0.126. The third kappa shape index (κ3) is 4.45. The van der Waals surface area contributed by atoms with Gasteiger partial charge in [0.05, 0.1) is 17.0 Å². The predicted molar refractivity (Wildman–Crippen MR) is 126 cm³/mol. The number of hydrogen-bond acceptors (Lipinski definition) is 6. The molecule has 0 unspecified atom stereocenters. The number of para-hydroxylation sites is 1. The zero-order valence-electron chi connectivity index (χ0n) is 19.8. The lowest BCUT2D eigenvalue weighted by Crippen LogP contribution is -2.48. The van der Waals surface area contributed by atoms with Gasteiger partial charge in [0.2, 0.25) is 5.91 Å². The third-order valence-electron chi connectivity index (χ3n) is 8.13. The Morgan fingerprint density at radius 2 is 1.76 bits per heavy atom. The van der Waals surface area contributed by atoms with Crippen molar-refractivity contribution in [2.24, 2.45) is 11.8 Å². The number of amides is 3. The zero-order valence-corrected chi connectivity index (χ0v) is 19.8.